The molecule has 110 valence electrons. The molecule has 0 saturated heterocycles. The molecule has 0 radical (unpaired) electrons. The second-order valence-corrected chi connectivity index (χ2v) is 5.61. The van der Waals surface area contributed by atoms with Gasteiger partial charge in [0.25, 0.3) is 5.91 Å². The van der Waals surface area contributed by atoms with Crippen LogP contribution in [0.25, 0.3) is 10.6 Å². The number of nitrogens with one attached hydrogen (secondary N) is 1. The smallest absolute Gasteiger partial charge is 0.310 e. The van der Waals surface area contributed by atoms with Crippen molar-refractivity contribution in [2.45, 2.75) is 0 Å². The van der Waals surface area contributed by atoms with Crippen LogP contribution >= 0.6 is 11.3 Å². The van der Waals surface area contributed by atoms with E-state index in [1.807, 2.05) is 47.8 Å². The van der Waals surface area contributed by atoms with Gasteiger partial charge in [0.2, 0.25) is 0 Å². The Morgan fingerprint density at radius 3 is 2.64 bits per heavy atom. The number of anilines is 1. The van der Waals surface area contributed by atoms with Crippen molar-refractivity contribution in [1.29, 1.82) is 0 Å². The molecular weight excluding hydrogens is 298 g/mol. The summed E-state index contributed by atoms with van der Waals surface area (Å²) in [5.74, 6) is -0.324. The first-order valence-corrected chi connectivity index (χ1v) is 7.51. The molecule has 0 bridgehead atoms. The van der Waals surface area contributed by atoms with Gasteiger partial charge in [-0.25, -0.2) is 4.79 Å². The molecule has 3 rings (SSSR count). The van der Waals surface area contributed by atoms with Crippen LogP contribution in [-0.2, 0) is 0 Å². The predicted octanol–water partition coefficient (Wildman–Crippen LogP) is 2.78. The van der Waals surface area contributed by atoms with E-state index in [0.29, 0.717) is 5.69 Å². The number of aromatic amines is 1. The van der Waals surface area contributed by atoms with Crippen molar-refractivity contribution in [2.24, 2.45) is 0 Å². The molecule has 0 aliphatic rings. The van der Waals surface area contributed by atoms with Crippen LogP contribution in [0.4, 0.5) is 5.69 Å². The van der Waals surface area contributed by atoms with Crippen molar-refractivity contribution in [3.8, 4) is 10.6 Å². The average Bonchev–Trinajstić information content (AvgIpc) is 3.08. The van der Waals surface area contributed by atoms with Crippen molar-refractivity contribution in [3.63, 3.8) is 0 Å². The zero-order chi connectivity index (χ0) is 15.5. The van der Waals surface area contributed by atoms with Gasteiger partial charge in [0.05, 0.1) is 10.6 Å². The van der Waals surface area contributed by atoms with E-state index < -0.39 is 5.69 Å². The lowest BCUT2D eigenvalue weighted by Crippen LogP contribution is -2.29. The Hall–Kier alpha value is -2.73. The van der Waals surface area contributed by atoms with Gasteiger partial charge in [-0.05, 0) is 29.6 Å². The Morgan fingerprint density at radius 2 is 1.95 bits per heavy atom. The van der Waals surface area contributed by atoms with Gasteiger partial charge in [0.15, 0.2) is 0 Å². The van der Waals surface area contributed by atoms with Crippen LogP contribution in [0, 0.1) is 0 Å². The fourth-order valence-corrected chi connectivity index (χ4v) is 2.77. The number of nitrogens with zero attached hydrogens (tertiary/aromatic N) is 2. The summed E-state index contributed by atoms with van der Waals surface area (Å²) in [5.41, 5.74) is 0.932. The molecule has 6 heteroatoms. The first-order valence-electron chi connectivity index (χ1n) is 6.63. The molecule has 1 amide bonds. The summed E-state index contributed by atoms with van der Waals surface area (Å²) < 4.78 is 0. The van der Waals surface area contributed by atoms with Crippen molar-refractivity contribution >= 4 is 22.9 Å². The van der Waals surface area contributed by atoms with E-state index in [1.165, 1.54) is 16.2 Å². The molecule has 1 N–H and O–H groups in total. The summed E-state index contributed by atoms with van der Waals surface area (Å²) in [4.78, 5) is 33.1. The van der Waals surface area contributed by atoms with Crippen LogP contribution in [0.15, 0.2) is 58.7 Å². The van der Waals surface area contributed by atoms with Crippen LogP contribution in [0.5, 0.6) is 0 Å². The molecule has 5 nitrogen and oxygen atoms in total. The lowest BCUT2D eigenvalue weighted by Gasteiger charge is -2.16. The number of aromatic nitrogens is 2. The number of hydrogen-bond acceptors (Lipinski definition) is 4. The molecular formula is C16H13N3O2S. The summed E-state index contributed by atoms with van der Waals surface area (Å²) in [6.45, 7) is 0. The molecule has 1 aromatic carbocycles. The Bertz CT molecular complexity index is 841. The Labute approximate surface area is 130 Å². The third-order valence-electron chi connectivity index (χ3n) is 3.20. The predicted molar refractivity (Wildman–Crippen MR) is 87.3 cm³/mol. The lowest BCUT2D eigenvalue weighted by molar-refractivity contribution is 0.0988. The number of carbonyl (C=O) groups is 1. The molecule has 0 fully saturated rings. The SMILES string of the molecule is CN(C(=O)c1cc(-c2cccs2)[nH]c(=O)n1)c1ccccc1. The largest absolute Gasteiger partial charge is 0.346 e. The van der Waals surface area contributed by atoms with Gasteiger partial charge in [-0.15, -0.1) is 11.3 Å². The third-order valence-corrected chi connectivity index (χ3v) is 4.10. The van der Waals surface area contributed by atoms with E-state index in [-0.39, 0.29) is 11.6 Å². The number of hydrogen-bond donors (Lipinski definition) is 1. The topological polar surface area (TPSA) is 66.1 Å². The fraction of sp³-hybridized carbons (Fsp3) is 0.0625. The van der Waals surface area contributed by atoms with Crippen LogP contribution in [0.3, 0.4) is 0 Å². The number of rotatable bonds is 3. The molecule has 0 aliphatic heterocycles. The Morgan fingerprint density at radius 1 is 1.18 bits per heavy atom. The van der Waals surface area contributed by atoms with E-state index >= 15 is 0 Å². The molecule has 0 atom stereocenters. The van der Waals surface area contributed by atoms with E-state index in [0.717, 1.165) is 10.6 Å². The summed E-state index contributed by atoms with van der Waals surface area (Å²) in [5, 5.41) is 1.91. The molecule has 2 heterocycles. The van der Waals surface area contributed by atoms with E-state index in [9.17, 15) is 9.59 Å². The molecule has 22 heavy (non-hydrogen) atoms. The number of H-pyrrole nitrogens is 1. The van der Waals surface area contributed by atoms with Crippen LogP contribution in [0.1, 0.15) is 10.5 Å². The van der Waals surface area contributed by atoms with Crippen LogP contribution in [-0.4, -0.2) is 22.9 Å². The van der Waals surface area contributed by atoms with Crippen LogP contribution < -0.4 is 10.6 Å². The minimum atomic E-state index is -0.532. The van der Waals surface area contributed by atoms with Gasteiger partial charge in [-0.1, -0.05) is 24.3 Å². The fourth-order valence-electron chi connectivity index (χ4n) is 2.07. The van der Waals surface area contributed by atoms with Gasteiger partial charge in [0.1, 0.15) is 5.69 Å². The van der Waals surface area contributed by atoms with Crippen molar-refractivity contribution in [3.05, 3.63) is 70.1 Å². The van der Waals surface area contributed by atoms with Gasteiger partial charge in [-0.2, -0.15) is 4.98 Å². The minimum absolute atomic E-state index is 0.124. The number of amides is 1. The zero-order valence-corrected chi connectivity index (χ0v) is 12.6. The first kappa shape index (κ1) is 14.2. The normalized spacial score (nSPS) is 10.4. The summed E-state index contributed by atoms with van der Waals surface area (Å²) >= 11 is 1.49. The zero-order valence-electron chi connectivity index (χ0n) is 11.8. The molecule has 2 aromatic heterocycles. The summed E-state index contributed by atoms with van der Waals surface area (Å²) in [7, 11) is 1.66. The molecule has 0 unspecified atom stereocenters. The Balaban J connectivity index is 1.98. The highest BCUT2D eigenvalue weighted by Gasteiger charge is 2.17. The number of carbonyl (C=O) groups excluding carboxylic acids is 1. The highest BCUT2D eigenvalue weighted by Crippen LogP contribution is 2.22. The maximum Gasteiger partial charge on any atom is 0.346 e. The maximum absolute atomic E-state index is 12.5. The van der Waals surface area contributed by atoms with Gasteiger partial charge >= 0.3 is 5.69 Å². The van der Waals surface area contributed by atoms with Crippen molar-refractivity contribution < 1.29 is 4.79 Å². The summed E-state index contributed by atoms with van der Waals surface area (Å²) in [6.07, 6.45) is 0. The van der Waals surface area contributed by atoms with Gasteiger partial charge in [0, 0.05) is 12.7 Å². The second-order valence-electron chi connectivity index (χ2n) is 4.66. The number of para-hydroxylation sites is 1. The average molecular weight is 311 g/mol. The quantitative estimate of drug-likeness (QED) is 0.809. The first-order chi connectivity index (χ1) is 10.6. The van der Waals surface area contributed by atoms with E-state index in [4.69, 9.17) is 0 Å². The lowest BCUT2D eigenvalue weighted by atomic mass is 10.2. The van der Waals surface area contributed by atoms with Crippen molar-refractivity contribution in [1.82, 2.24) is 9.97 Å². The Kier molecular flexibility index (Phi) is 3.84. The standard InChI is InChI=1S/C16H13N3O2S/c1-19(11-6-3-2-4-7-11)15(20)13-10-12(17-16(21)18-13)14-8-5-9-22-14/h2-10H,1H3,(H,17,18,21). The molecule has 3 aromatic rings. The van der Waals surface area contributed by atoms with Gasteiger partial charge in [-0.3, -0.25) is 4.79 Å². The van der Waals surface area contributed by atoms with E-state index in [1.54, 1.807) is 13.1 Å². The van der Waals surface area contributed by atoms with Crippen molar-refractivity contribution in [2.75, 3.05) is 11.9 Å². The molecule has 0 spiro atoms. The highest BCUT2D eigenvalue weighted by atomic mass is 32.1. The summed E-state index contributed by atoms with van der Waals surface area (Å²) in [6, 6.07) is 14.6. The maximum atomic E-state index is 12.5. The van der Waals surface area contributed by atoms with Crippen LogP contribution in [0.2, 0.25) is 0 Å². The number of benzene rings is 1. The van der Waals surface area contributed by atoms with Gasteiger partial charge < -0.3 is 9.88 Å². The molecule has 0 saturated carbocycles. The number of thiophene rings is 1. The minimum Gasteiger partial charge on any atom is -0.310 e. The second kappa shape index (κ2) is 5.95. The third kappa shape index (κ3) is 2.82. The monoisotopic (exact) mass is 311 g/mol. The van der Waals surface area contributed by atoms with E-state index in [2.05, 4.69) is 9.97 Å². The molecule has 0 aliphatic carbocycles. The highest BCUT2D eigenvalue weighted by molar-refractivity contribution is 7.13.